The normalized spacial score (nSPS) is 19.6. The summed E-state index contributed by atoms with van der Waals surface area (Å²) in [5.74, 6) is -5.63. The molecule has 2 aliphatic heterocycles. The molecule has 2 saturated heterocycles. The molecule has 2 aliphatic rings. The standard InChI is InChI=1S/C29H33F4N5O.C2HF3O2/c1-17-34-27(38(35-17)20-6-8-24(31)26(33)14-20)18-9-11-36(12-10-18)28(39)23-16-37(29(2,3)4)15-22(23)21-7-5-19(30)13-25(21)32;3-2(4,5)1(6)7/h5-8,13-14,18,22-23H,9-12,15-16H2,1-4H3;(H,6,7)/t22-,23+;/m0./s1. The minimum absolute atomic E-state index is 0.0247. The number of carboxylic acids is 1. The predicted octanol–water partition coefficient (Wildman–Crippen LogP) is 5.99. The van der Waals surface area contributed by atoms with E-state index in [0.29, 0.717) is 61.9 Å². The van der Waals surface area contributed by atoms with Crippen LogP contribution in [0.5, 0.6) is 0 Å². The van der Waals surface area contributed by atoms with Crippen molar-refractivity contribution in [2.75, 3.05) is 26.2 Å². The highest BCUT2D eigenvalue weighted by Gasteiger charge is 2.45. The van der Waals surface area contributed by atoms with E-state index in [1.165, 1.54) is 18.2 Å². The molecule has 250 valence electrons. The van der Waals surface area contributed by atoms with E-state index in [-0.39, 0.29) is 23.3 Å². The van der Waals surface area contributed by atoms with Gasteiger partial charge in [0.15, 0.2) is 11.6 Å². The van der Waals surface area contributed by atoms with E-state index in [0.717, 1.165) is 18.2 Å². The summed E-state index contributed by atoms with van der Waals surface area (Å²) in [5, 5.41) is 11.5. The van der Waals surface area contributed by atoms with Crippen molar-refractivity contribution >= 4 is 11.9 Å². The fraction of sp³-hybridized carbons (Fsp3) is 0.484. The number of piperidine rings is 1. The molecular formula is C31H34F7N5O3. The van der Waals surface area contributed by atoms with E-state index in [9.17, 15) is 35.5 Å². The van der Waals surface area contributed by atoms with Crippen LogP contribution in [0, 0.1) is 36.1 Å². The highest BCUT2D eigenvalue weighted by Crippen LogP contribution is 2.39. The topological polar surface area (TPSA) is 91.6 Å². The molecule has 0 aliphatic carbocycles. The molecular weight excluding hydrogens is 623 g/mol. The molecule has 15 heteroatoms. The van der Waals surface area contributed by atoms with Gasteiger partial charge in [-0.25, -0.2) is 32.0 Å². The smallest absolute Gasteiger partial charge is 0.475 e. The largest absolute Gasteiger partial charge is 0.490 e. The maximum absolute atomic E-state index is 14.8. The minimum Gasteiger partial charge on any atom is -0.475 e. The fourth-order valence-corrected chi connectivity index (χ4v) is 5.81. The van der Waals surface area contributed by atoms with Crippen LogP contribution in [0.15, 0.2) is 36.4 Å². The Morgan fingerprint density at radius 3 is 2.07 bits per heavy atom. The van der Waals surface area contributed by atoms with Crippen molar-refractivity contribution in [2.45, 2.75) is 64.1 Å². The number of benzene rings is 2. The van der Waals surface area contributed by atoms with E-state index in [1.54, 1.807) is 11.6 Å². The fourth-order valence-electron chi connectivity index (χ4n) is 5.81. The quantitative estimate of drug-likeness (QED) is 0.347. The average Bonchev–Trinajstić information content (AvgIpc) is 3.59. The van der Waals surface area contributed by atoms with Gasteiger partial charge in [0.25, 0.3) is 0 Å². The van der Waals surface area contributed by atoms with Crippen molar-refractivity contribution in [1.29, 1.82) is 0 Å². The van der Waals surface area contributed by atoms with Crippen LogP contribution in [0.3, 0.4) is 0 Å². The molecule has 1 amide bonds. The van der Waals surface area contributed by atoms with Crippen LogP contribution in [0.1, 0.15) is 62.7 Å². The van der Waals surface area contributed by atoms with E-state index in [1.807, 2.05) is 4.90 Å². The van der Waals surface area contributed by atoms with Gasteiger partial charge in [-0.1, -0.05) is 6.07 Å². The number of carbonyl (C=O) groups excluding carboxylic acids is 1. The first-order valence-corrected chi connectivity index (χ1v) is 14.5. The Morgan fingerprint density at radius 2 is 1.52 bits per heavy atom. The van der Waals surface area contributed by atoms with Crippen molar-refractivity contribution < 1.29 is 45.4 Å². The summed E-state index contributed by atoms with van der Waals surface area (Å²) in [5.41, 5.74) is 0.547. The summed E-state index contributed by atoms with van der Waals surface area (Å²) in [6.07, 6.45) is -3.84. The SMILES string of the molecule is Cc1nc(C2CCN(C(=O)[C@@H]3CN(C(C)(C)C)C[C@H]3c3ccc(F)cc3F)CC2)n(-c2ccc(F)c(F)c2)n1.O=C(O)C(F)(F)F. The zero-order chi connectivity index (χ0) is 34.1. The number of alkyl halides is 3. The van der Waals surface area contributed by atoms with Crippen LogP contribution in [-0.2, 0) is 9.59 Å². The number of hydrogen-bond donors (Lipinski definition) is 1. The Hall–Kier alpha value is -4.01. The van der Waals surface area contributed by atoms with Gasteiger partial charge in [0.1, 0.15) is 23.3 Å². The number of nitrogens with zero attached hydrogens (tertiary/aromatic N) is 5. The Morgan fingerprint density at radius 1 is 0.891 bits per heavy atom. The average molecular weight is 658 g/mol. The zero-order valence-corrected chi connectivity index (χ0v) is 25.6. The van der Waals surface area contributed by atoms with Crippen LogP contribution in [0.25, 0.3) is 5.69 Å². The number of amides is 1. The molecule has 1 N–H and O–H groups in total. The van der Waals surface area contributed by atoms with Crippen molar-refractivity contribution in [3.05, 3.63) is 76.9 Å². The molecule has 0 bridgehead atoms. The van der Waals surface area contributed by atoms with E-state index in [4.69, 9.17) is 9.90 Å². The number of aryl methyl sites for hydroxylation is 1. The zero-order valence-electron chi connectivity index (χ0n) is 25.6. The first kappa shape index (κ1) is 34.9. The van der Waals surface area contributed by atoms with Crippen LogP contribution in [0.2, 0.25) is 0 Å². The predicted molar refractivity (Wildman–Crippen MR) is 152 cm³/mol. The summed E-state index contributed by atoms with van der Waals surface area (Å²) >= 11 is 0. The van der Waals surface area contributed by atoms with Gasteiger partial charge in [0.05, 0.1) is 11.6 Å². The first-order valence-electron chi connectivity index (χ1n) is 14.5. The number of aromatic nitrogens is 3. The molecule has 2 atom stereocenters. The molecule has 5 rings (SSSR count). The summed E-state index contributed by atoms with van der Waals surface area (Å²) in [4.78, 5) is 31.3. The lowest BCUT2D eigenvalue weighted by atomic mass is 9.86. The highest BCUT2D eigenvalue weighted by atomic mass is 19.4. The maximum Gasteiger partial charge on any atom is 0.490 e. The van der Waals surface area contributed by atoms with Crippen molar-refractivity contribution in [3.63, 3.8) is 0 Å². The number of hydrogen-bond acceptors (Lipinski definition) is 5. The third kappa shape index (κ3) is 7.85. The summed E-state index contributed by atoms with van der Waals surface area (Å²) in [6, 6.07) is 7.21. The Kier molecular flexibility index (Phi) is 10.1. The number of carboxylic acid groups (broad SMARTS) is 1. The van der Waals surface area contributed by atoms with Gasteiger partial charge in [-0.3, -0.25) is 9.69 Å². The molecule has 0 radical (unpaired) electrons. The monoisotopic (exact) mass is 657 g/mol. The second-order valence-corrected chi connectivity index (χ2v) is 12.4. The summed E-state index contributed by atoms with van der Waals surface area (Å²) in [6.45, 7) is 9.91. The lowest BCUT2D eigenvalue weighted by Gasteiger charge is -2.35. The third-order valence-electron chi connectivity index (χ3n) is 8.25. The molecule has 3 aromatic rings. The molecule has 2 fully saturated rings. The van der Waals surface area contributed by atoms with Crippen LogP contribution in [0.4, 0.5) is 30.7 Å². The van der Waals surface area contributed by atoms with Gasteiger partial charge in [-0.05, 0) is 64.3 Å². The minimum atomic E-state index is -5.08. The molecule has 3 heterocycles. The van der Waals surface area contributed by atoms with Gasteiger partial charge >= 0.3 is 12.1 Å². The molecule has 0 spiro atoms. The molecule has 1 aromatic heterocycles. The number of likely N-dealkylation sites (tertiary alicyclic amines) is 2. The summed E-state index contributed by atoms with van der Waals surface area (Å²) in [7, 11) is 0. The maximum atomic E-state index is 14.8. The Bertz CT molecular complexity index is 1580. The molecule has 0 unspecified atom stereocenters. The van der Waals surface area contributed by atoms with E-state index in [2.05, 4.69) is 35.8 Å². The van der Waals surface area contributed by atoms with Gasteiger partial charge in [0.2, 0.25) is 5.91 Å². The van der Waals surface area contributed by atoms with Gasteiger partial charge in [-0.2, -0.15) is 18.3 Å². The molecule has 46 heavy (non-hydrogen) atoms. The summed E-state index contributed by atoms with van der Waals surface area (Å²) < 4.78 is 89.1. The van der Waals surface area contributed by atoms with Crippen molar-refractivity contribution in [3.8, 4) is 5.69 Å². The van der Waals surface area contributed by atoms with Gasteiger partial charge in [-0.15, -0.1) is 0 Å². The van der Waals surface area contributed by atoms with Gasteiger partial charge in [0, 0.05) is 55.7 Å². The number of carbonyl (C=O) groups is 2. The Labute approximate surface area is 260 Å². The lowest BCUT2D eigenvalue weighted by Crippen LogP contribution is -2.44. The van der Waals surface area contributed by atoms with Crippen LogP contribution in [-0.4, -0.2) is 79.4 Å². The van der Waals surface area contributed by atoms with Crippen molar-refractivity contribution in [1.82, 2.24) is 24.6 Å². The molecule has 2 aromatic carbocycles. The second kappa shape index (κ2) is 13.4. The van der Waals surface area contributed by atoms with Crippen molar-refractivity contribution in [2.24, 2.45) is 5.92 Å². The number of aliphatic carboxylic acids is 1. The lowest BCUT2D eigenvalue weighted by molar-refractivity contribution is -0.192. The van der Waals surface area contributed by atoms with E-state index >= 15 is 0 Å². The Balaban J connectivity index is 0.000000617. The number of halogens is 7. The first-order chi connectivity index (χ1) is 21.4. The third-order valence-corrected chi connectivity index (χ3v) is 8.25. The second-order valence-electron chi connectivity index (χ2n) is 12.4. The van der Waals surface area contributed by atoms with Gasteiger partial charge < -0.3 is 10.0 Å². The number of rotatable bonds is 4. The van der Waals surface area contributed by atoms with E-state index < -0.39 is 41.3 Å². The molecule has 8 nitrogen and oxygen atoms in total. The van der Waals surface area contributed by atoms with Crippen LogP contribution >= 0.6 is 0 Å². The molecule has 0 saturated carbocycles. The highest BCUT2D eigenvalue weighted by molar-refractivity contribution is 5.81. The van der Waals surface area contributed by atoms with Crippen LogP contribution < -0.4 is 0 Å².